The zero-order valence-corrected chi connectivity index (χ0v) is 13.3. The molecular formula is C15H24N2O2S. The fourth-order valence-corrected chi connectivity index (χ4v) is 4.11. The lowest BCUT2D eigenvalue weighted by molar-refractivity contribution is 0.575. The van der Waals surface area contributed by atoms with E-state index in [0.717, 1.165) is 30.5 Å². The highest BCUT2D eigenvalue weighted by Crippen LogP contribution is 2.34. The van der Waals surface area contributed by atoms with Crippen molar-refractivity contribution in [2.45, 2.75) is 51.1 Å². The first-order valence-corrected chi connectivity index (χ1v) is 8.79. The van der Waals surface area contributed by atoms with Crippen molar-refractivity contribution in [3.8, 4) is 0 Å². The first-order chi connectivity index (χ1) is 9.49. The third-order valence-corrected chi connectivity index (χ3v) is 5.64. The van der Waals surface area contributed by atoms with Gasteiger partial charge < -0.3 is 5.32 Å². The zero-order valence-electron chi connectivity index (χ0n) is 12.4. The van der Waals surface area contributed by atoms with E-state index in [1.54, 1.807) is 6.07 Å². The standard InChI is InChI=1S/C15H24N2O2S/c1-4-12-9-14(12)17-20(18,19)15-8-6-7-13(11(15)3)10-16-5-2/h6-8,12,14,16-17H,4-5,9-10H2,1-3H3. The molecule has 2 atom stereocenters. The Hall–Kier alpha value is -0.910. The van der Waals surface area contributed by atoms with Crippen molar-refractivity contribution in [3.63, 3.8) is 0 Å². The van der Waals surface area contributed by atoms with E-state index < -0.39 is 10.0 Å². The average molecular weight is 296 g/mol. The molecule has 1 aromatic rings. The maximum Gasteiger partial charge on any atom is 0.241 e. The van der Waals surface area contributed by atoms with Gasteiger partial charge in [0.2, 0.25) is 10.0 Å². The molecule has 1 saturated carbocycles. The van der Waals surface area contributed by atoms with E-state index in [1.165, 1.54) is 0 Å². The van der Waals surface area contributed by atoms with Gasteiger partial charge in [0.05, 0.1) is 4.90 Å². The predicted octanol–water partition coefficient (Wildman–Crippen LogP) is 2.18. The van der Waals surface area contributed by atoms with Crippen molar-refractivity contribution in [2.75, 3.05) is 6.54 Å². The Labute approximate surface area is 122 Å². The first kappa shape index (κ1) is 15.5. The van der Waals surface area contributed by atoms with Gasteiger partial charge in [-0.1, -0.05) is 32.4 Å². The maximum atomic E-state index is 12.5. The van der Waals surface area contributed by atoms with Crippen LogP contribution in [0, 0.1) is 12.8 Å². The summed E-state index contributed by atoms with van der Waals surface area (Å²) in [5, 5.41) is 3.24. The van der Waals surface area contributed by atoms with Gasteiger partial charge in [-0.05, 0) is 43.0 Å². The summed E-state index contributed by atoms with van der Waals surface area (Å²) in [4.78, 5) is 0.412. The first-order valence-electron chi connectivity index (χ1n) is 7.31. The third-order valence-electron chi connectivity index (χ3n) is 4.00. The Balaban J connectivity index is 2.19. The molecule has 0 bridgehead atoms. The summed E-state index contributed by atoms with van der Waals surface area (Å²) in [5.74, 6) is 0.509. The van der Waals surface area contributed by atoms with E-state index in [9.17, 15) is 8.42 Å². The van der Waals surface area contributed by atoms with Crippen LogP contribution in [0.3, 0.4) is 0 Å². The van der Waals surface area contributed by atoms with Crippen molar-refractivity contribution in [1.82, 2.24) is 10.0 Å². The fraction of sp³-hybridized carbons (Fsp3) is 0.600. The summed E-state index contributed by atoms with van der Waals surface area (Å²) >= 11 is 0. The maximum absolute atomic E-state index is 12.5. The van der Waals surface area contributed by atoms with Crippen LogP contribution in [0.4, 0.5) is 0 Å². The van der Waals surface area contributed by atoms with Crippen molar-refractivity contribution < 1.29 is 8.42 Å². The van der Waals surface area contributed by atoms with Crippen LogP contribution in [0.2, 0.25) is 0 Å². The van der Waals surface area contributed by atoms with Crippen molar-refractivity contribution >= 4 is 10.0 Å². The Bertz CT molecular complexity index is 569. The van der Waals surface area contributed by atoms with E-state index in [1.807, 2.05) is 26.0 Å². The average Bonchev–Trinajstić information content (AvgIpc) is 3.14. The fourth-order valence-electron chi connectivity index (χ4n) is 2.51. The molecule has 1 aliphatic carbocycles. The SMILES string of the molecule is CCNCc1cccc(S(=O)(=O)NC2CC2CC)c1C. The van der Waals surface area contributed by atoms with E-state index in [4.69, 9.17) is 0 Å². The molecule has 0 aliphatic heterocycles. The van der Waals surface area contributed by atoms with Gasteiger partial charge in [0.25, 0.3) is 0 Å². The normalized spacial score (nSPS) is 21.9. The second-order valence-electron chi connectivity index (χ2n) is 5.45. The largest absolute Gasteiger partial charge is 0.313 e. The molecule has 2 rings (SSSR count). The van der Waals surface area contributed by atoms with Crippen LogP contribution in [0.15, 0.2) is 23.1 Å². The smallest absolute Gasteiger partial charge is 0.241 e. The van der Waals surface area contributed by atoms with Crippen LogP contribution in [-0.4, -0.2) is 21.0 Å². The molecule has 0 heterocycles. The van der Waals surface area contributed by atoms with Crippen LogP contribution in [0.1, 0.15) is 37.8 Å². The molecular weight excluding hydrogens is 272 g/mol. The monoisotopic (exact) mass is 296 g/mol. The summed E-state index contributed by atoms with van der Waals surface area (Å²) in [6.07, 6.45) is 2.00. The topological polar surface area (TPSA) is 58.2 Å². The minimum absolute atomic E-state index is 0.127. The number of hydrogen-bond donors (Lipinski definition) is 2. The molecule has 112 valence electrons. The summed E-state index contributed by atoms with van der Waals surface area (Å²) < 4.78 is 27.7. The van der Waals surface area contributed by atoms with Gasteiger partial charge in [0, 0.05) is 12.6 Å². The summed E-state index contributed by atoms with van der Waals surface area (Å²) in [6.45, 7) is 7.59. The Kier molecular flexibility index (Phi) is 4.83. The van der Waals surface area contributed by atoms with Crippen LogP contribution in [-0.2, 0) is 16.6 Å². The van der Waals surface area contributed by atoms with E-state index in [-0.39, 0.29) is 6.04 Å². The third kappa shape index (κ3) is 3.40. The van der Waals surface area contributed by atoms with Gasteiger partial charge in [-0.15, -0.1) is 0 Å². The number of sulfonamides is 1. The van der Waals surface area contributed by atoms with Crippen molar-refractivity contribution in [2.24, 2.45) is 5.92 Å². The zero-order chi connectivity index (χ0) is 14.8. The number of nitrogens with one attached hydrogen (secondary N) is 2. The van der Waals surface area contributed by atoms with Crippen LogP contribution >= 0.6 is 0 Å². The van der Waals surface area contributed by atoms with Crippen LogP contribution in [0.25, 0.3) is 0 Å². The molecule has 20 heavy (non-hydrogen) atoms. The molecule has 2 unspecified atom stereocenters. The lowest BCUT2D eigenvalue weighted by Crippen LogP contribution is -2.28. The van der Waals surface area contributed by atoms with E-state index in [0.29, 0.717) is 17.4 Å². The van der Waals surface area contributed by atoms with Gasteiger partial charge >= 0.3 is 0 Å². The molecule has 1 fully saturated rings. The Morgan fingerprint density at radius 3 is 2.65 bits per heavy atom. The number of rotatable bonds is 7. The second kappa shape index (κ2) is 6.24. The predicted molar refractivity (Wildman–Crippen MR) is 81.1 cm³/mol. The van der Waals surface area contributed by atoms with Crippen molar-refractivity contribution in [3.05, 3.63) is 29.3 Å². The molecule has 0 aromatic heterocycles. The Morgan fingerprint density at radius 2 is 2.05 bits per heavy atom. The summed E-state index contributed by atoms with van der Waals surface area (Å²) in [6, 6.07) is 5.61. The van der Waals surface area contributed by atoms with Crippen LogP contribution < -0.4 is 10.0 Å². The number of benzene rings is 1. The highest BCUT2D eigenvalue weighted by Gasteiger charge is 2.38. The van der Waals surface area contributed by atoms with E-state index >= 15 is 0 Å². The lowest BCUT2D eigenvalue weighted by Gasteiger charge is -2.13. The van der Waals surface area contributed by atoms with Crippen molar-refractivity contribution in [1.29, 1.82) is 0 Å². The molecule has 5 heteroatoms. The molecule has 4 nitrogen and oxygen atoms in total. The highest BCUT2D eigenvalue weighted by atomic mass is 32.2. The van der Waals surface area contributed by atoms with E-state index in [2.05, 4.69) is 17.0 Å². The Morgan fingerprint density at radius 1 is 1.30 bits per heavy atom. The lowest BCUT2D eigenvalue weighted by atomic mass is 10.1. The minimum Gasteiger partial charge on any atom is -0.313 e. The molecule has 1 aromatic carbocycles. The summed E-state index contributed by atoms with van der Waals surface area (Å²) in [7, 11) is -3.40. The molecule has 0 spiro atoms. The van der Waals surface area contributed by atoms with Gasteiger partial charge in [-0.2, -0.15) is 0 Å². The second-order valence-corrected chi connectivity index (χ2v) is 7.13. The summed E-state index contributed by atoms with van der Waals surface area (Å²) in [5.41, 5.74) is 1.88. The van der Waals surface area contributed by atoms with Gasteiger partial charge in [-0.3, -0.25) is 0 Å². The minimum atomic E-state index is -3.40. The number of hydrogen-bond acceptors (Lipinski definition) is 3. The van der Waals surface area contributed by atoms with Gasteiger partial charge in [0.15, 0.2) is 0 Å². The van der Waals surface area contributed by atoms with Crippen LogP contribution in [0.5, 0.6) is 0 Å². The van der Waals surface area contributed by atoms with Gasteiger partial charge in [0.1, 0.15) is 0 Å². The molecule has 2 N–H and O–H groups in total. The molecule has 0 amide bonds. The highest BCUT2D eigenvalue weighted by molar-refractivity contribution is 7.89. The molecule has 0 radical (unpaired) electrons. The quantitative estimate of drug-likeness (QED) is 0.811. The van der Waals surface area contributed by atoms with Gasteiger partial charge in [-0.25, -0.2) is 13.1 Å². The molecule has 1 aliphatic rings. The molecule has 0 saturated heterocycles.